The number of benzene rings is 1. The van der Waals surface area contributed by atoms with E-state index in [0.717, 1.165) is 16.1 Å². The van der Waals surface area contributed by atoms with Crippen molar-refractivity contribution in [2.24, 2.45) is 0 Å². The lowest BCUT2D eigenvalue weighted by Gasteiger charge is -1.96. The van der Waals surface area contributed by atoms with Crippen LogP contribution >= 0.6 is 11.6 Å². The fraction of sp³-hybridized carbons (Fsp3) is 0. The Labute approximate surface area is 81.5 Å². The Balaban J connectivity index is 2.41. The normalized spacial score (nSPS) is 10.2. The molecule has 0 spiro atoms. The van der Waals surface area contributed by atoms with Gasteiger partial charge in [-0.25, -0.2) is 0 Å². The summed E-state index contributed by atoms with van der Waals surface area (Å²) in [5.41, 5.74) is 2.22. The summed E-state index contributed by atoms with van der Waals surface area (Å²) in [5.74, 6) is 5.54. The van der Waals surface area contributed by atoms with Gasteiger partial charge in [0, 0.05) is 23.0 Å². The maximum atomic E-state index is 5.77. The molecule has 0 amide bonds. The van der Waals surface area contributed by atoms with Crippen molar-refractivity contribution in [3.63, 3.8) is 0 Å². The fourth-order valence-corrected chi connectivity index (χ4v) is 1.35. The van der Waals surface area contributed by atoms with E-state index in [1.165, 1.54) is 4.68 Å². The predicted molar refractivity (Wildman–Crippen MR) is 55.0 cm³/mol. The van der Waals surface area contributed by atoms with Crippen molar-refractivity contribution < 1.29 is 0 Å². The van der Waals surface area contributed by atoms with Crippen molar-refractivity contribution in [2.75, 3.05) is 5.84 Å². The molecule has 13 heavy (non-hydrogen) atoms. The molecule has 2 N–H and O–H groups in total. The first-order valence-electron chi connectivity index (χ1n) is 3.95. The lowest BCUT2D eigenvalue weighted by molar-refractivity contribution is 1.02. The van der Waals surface area contributed by atoms with Gasteiger partial charge in [0.15, 0.2) is 0 Å². The number of halogens is 1. The van der Waals surface area contributed by atoms with Gasteiger partial charge in [0.2, 0.25) is 0 Å². The van der Waals surface area contributed by atoms with Crippen LogP contribution in [0, 0.1) is 0 Å². The largest absolute Gasteiger partial charge is 0.340 e. The number of aromatic nitrogens is 1. The molecule has 0 bridgehead atoms. The van der Waals surface area contributed by atoms with E-state index in [2.05, 4.69) is 0 Å². The van der Waals surface area contributed by atoms with Crippen LogP contribution in [0.2, 0.25) is 5.02 Å². The molecule has 2 nitrogen and oxygen atoms in total. The molecular formula is C10H9ClN2. The van der Waals surface area contributed by atoms with E-state index in [1.807, 2.05) is 42.7 Å². The average Bonchev–Trinajstić information content (AvgIpc) is 2.53. The summed E-state index contributed by atoms with van der Waals surface area (Å²) in [5, 5.41) is 0.746. The van der Waals surface area contributed by atoms with Crippen molar-refractivity contribution >= 4 is 11.6 Å². The number of nitrogens with two attached hydrogens (primary N) is 1. The minimum atomic E-state index is 0.746. The maximum absolute atomic E-state index is 5.77. The third-order valence-corrected chi connectivity index (χ3v) is 2.14. The number of hydrogen-bond donors (Lipinski definition) is 1. The first-order chi connectivity index (χ1) is 6.25. The zero-order chi connectivity index (χ0) is 9.26. The van der Waals surface area contributed by atoms with Gasteiger partial charge in [0.25, 0.3) is 0 Å². The molecule has 66 valence electrons. The van der Waals surface area contributed by atoms with E-state index in [1.54, 1.807) is 0 Å². The summed E-state index contributed by atoms with van der Waals surface area (Å²) in [6.07, 6.45) is 3.67. The molecule has 1 aromatic heterocycles. The van der Waals surface area contributed by atoms with Crippen LogP contribution in [0.3, 0.4) is 0 Å². The molecule has 1 heterocycles. The second-order valence-electron chi connectivity index (χ2n) is 2.85. The van der Waals surface area contributed by atoms with Gasteiger partial charge >= 0.3 is 0 Å². The highest BCUT2D eigenvalue weighted by Crippen LogP contribution is 2.20. The Morgan fingerprint density at radius 2 is 1.69 bits per heavy atom. The Morgan fingerprint density at radius 3 is 2.23 bits per heavy atom. The summed E-state index contributed by atoms with van der Waals surface area (Å²) >= 11 is 5.77. The highest BCUT2D eigenvalue weighted by molar-refractivity contribution is 6.30. The highest BCUT2D eigenvalue weighted by atomic mass is 35.5. The van der Waals surface area contributed by atoms with Crippen molar-refractivity contribution in [3.8, 4) is 11.1 Å². The fourth-order valence-electron chi connectivity index (χ4n) is 1.23. The average molecular weight is 193 g/mol. The second-order valence-corrected chi connectivity index (χ2v) is 3.29. The van der Waals surface area contributed by atoms with Gasteiger partial charge in [-0.1, -0.05) is 23.7 Å². The number of rotatable bonds is 1. The van der Waals surface area contributed by atoms with Gasteiger partial charge in [-0.05, 0) is 23.8 Å². The molecule has 1 aromatic carbocycles. The van der Waals surface area contributed by atoms with Gasteiger partial charge in [-0.2, -0.15) is 0 Å². The molecule has 0 radical (unpaired) electrons. The SMILES string of the molecule is Nn1ccc(-c2ccc(Cl)cc2)c1. The summed E-state index contributed by atoms with van der Waals surface area (Å²) in [6, 6.07) is 9.63. The second kappa shape index (κ2) is 3.15. The van der Waals surface area contributed by atoms with Crippen LogP contribution < -0.4 is 5.84 Å². The van der Waals surface area contributed by atoms with E-state index in [4.69, 9.17) is 17.4 Å². The standard InChI is InChI=1S/C10H9ClN2/c11-10-3-1-8(2-4-10)9-5-6-13(12)7-9/h1-7H,12H2. The summed E-state index contributed by atoms with van der Waals surface area (Å²) < 4.78 is 1.53. The summed E-state index contributed by atoms with van der Waals surface area (Å²) in [6.45, 7) is 0. The zero-order valence-corrected chi connectivity index (χ0v) is 7.70. The van der Waals surface area contributed by atoms with Gasteiger partial charge in [-0.15, -0.1) is 0 Å². The molecule has 0 atom stereocenters. The van der Waals surface area contributed by atoms with Crippen molar-refractivity contribution in [2.45, 2.75) is 0 Å². The third-order valence-electron chi connectivity index (χ3n) is 1.89. The number of hydrogen-bond acceptors (Lipinski definition) is 1. The molecular weight excluding hydrogens is 184 g/mol. The van der Waals surface area contributed by atoms with E-state index >= 15 is 0 Å². The van der Waals surface area contributed by atoms with E-state index < -0.39 is 0 Å². The van der Waals surface area contributed by atoms with Crippen molar-refractivity contribution in [1.82, 2.24) is 4.68 Å². The third kappa shape index (κ3) is 1.68. The van der Waals surface area contributed by atoms with Crippen LogP contribution in [0.4, 0.5) is 0 Å². The van der Waals surface area contributed by atoms with Crippen LogP contribution in [-0.2, 0) is 0 Å². The van der Waals surface area contributed by atoms with Crippen LogP contribution in [0.25, 0.3) is 11.1 Å². The predicted octanol–water partition coefficient (Wildman–Crippen LogP) is 2.52. The van der Waals surface area contributed by atoms with E-state index in [9.17, 15) is 0 Å². The lowest BCUT2D eigenvalue weighted by atomic mass is 10.1. The topological polar surface area (TPSA) is 30.9 Å². The van der Waals surface area contributed by atoms with E-state index in [-0.39, 0.29) is 0 Å². The van der Waals surface area contributed by atoms with Crippen molar-refractivity contribution in [3.05, 3.63) is 47.7 Å². The highest BCUT2D eigenvalue weighted by Gasteiger charge is 1.97. The Bertz CT molecular complexity index is 403. The van der Waals surface area contributed by atoms with Gasteiger partial charge in [0.05, 0.1) is 0 Å². The Hall–Kier alpha value is -1.41. The minimum absolute atomic E-state index is 0.746. The minimum Gasteiger partial charge on any atom is -0.340 e. The lowest BCUT2D eigenvalue weighted by Crippen LogP contribution is -2.02. The summed E-state index contributed by atoms with van der Waals surface area (Å²) in [7, 11) is 0. The molecule has 2 rings (SSSR count). The molecule has 2 aromatic rings. The van der Waals surface area contributed by atoms with Crippen LogP contribution in [-0.4, -0.2) is 4.68 Å². The van der Waals surface area contributed by atoms with Crippen LogP contribution in [0.1, 0.15) is 0 Å². The quantitative estimate of drug-likeness (QED) is 0.692. The first-order valence-corrected chi connectivity index (χ1v) is 4.32. The number of nitrogens with zero attached hydrogens (tertiary/aromatic N) is 1. The Kier molecular flexibility index (Phi) is 1.99. The van der Waals surface area contributed by atoms with Gasteiger partial charge < -0.3 is 5.84 Å². The molecule has 0 aliphatic heterocycles. The molecule has 0 fully saturated rings. The Morgan fingerprint density at radius 1 is 1.00 bits per heavy atom. The molecule has 3 heteroatoms. The van der Waals surface area contributed by atoms with E-state index in [0.29, 0.717) is 0 Å². The molecule has 0 saturated carbocycles. The van der Waals surface area contributed by atoms with Crippen LogP contribution in [0.15, 0.2) is 42.7 Å². The monoisotopic (exact) mass is 192 g/mol. The smallest absolute Gasteiger partial charge is 0.0406 e. The molecule has 0 unspecified atom stereocenters. The molecule has 0 aliphatic rings. The van der Waals surface area contributed by atoms with Gasteiger partial charge in [-0.3, -0.25) is 4.68 Å². The van der Waals surface area contributed by atoms with Gasteiger partial charge in [0.1, 0.15) is 0 Å². The molecule has 0 aliphatic carbocycles. The number of nitrogen functional groups attached to an aromatic ring is 1. The molecule has 0 saturated heterocycles. The zero-order valence-electron chi connectivity index (χ0n) is 6.94. The maximum Gasteiger partial charge on any atom is 0.0406 e. The summed E-state index contributed by atoms with van der Waals surface area (Å²) in [4.78, 5) is 0. The van der Waals surface area contributed by atoms with Crippen LogP contribution in [0.5, 0.6) is 0 Å². The first kappa shape index (κ1) is 8.20. The van der Waals surface area contributed by atoms with Crippen molar-refractivity contribution in [1.29, 1.82) is 0 Å².